The molecule has 4 unspecified atom stereocenters. The van der Waals surface area contributed by atoms with E-state index in [9.17, 15) is 4.79 Å². The molecule has 1 heterocycles. The zero-order chi connectivity index (χ0) is 10.8. The van der Waals surface area contributed by atoms with Gasteiger partial charge in [0.1, 0.15) is 6.04 Å². The lowest BCUT2D eigenvalue weighted by Crippen LogP contribution is -2.58. The number of hydrogen-bond donors (Lipinski definition) is 2. The van der Waals surface area contributed by atoms with Crippen molar-refractivity contribution in [3.63, 3.8) is 0 Å². The monoisotopic (exact) mass is 213 g/mol. The summed E-state index contributed by atoms with van der Waals surface area (Å²) in [7, 11) is 0. The molecule has 2 aliphatic rings. The fraction of sp³-hybridized carbons (Fsp3) is 0.909. The topological polar surface area (TPSA) is 58.6 Å². The summed E-state index contributed by atoms with van der Waals surface area (Å²) in [6.07, 6.45) is 4.77. The molecule has 4 nitrogen and oxygen atoms in total. The van der Waals surface area contributed by atoms with Gasteiger partial charge in [-0.25, -0.2) is 0 Å². The van der Waals surface area contributed by atoms with Crippen LogP contribution in [0, 0.1) is 5.92 Å². The largest absolute Gasteiger partial charge is 0.480 e. The molecular formula is C11H19NO3. The molecule has 2 rings (SSSR count). The predicted octanol–water partition coefficient (Wildman–Crippen LogP) is 1.01. The molecule has 2 fully saturated rings. The highest BCUT2D eigenvalue weighted by Crippen LogP contribution is 2.30. The number of fused-ring (bicyclic) bond motifs is 1. The number of hydrogen-bond acceptors (Lipinski definition) is 3. The Bertz CT molecular complexity index is 244. The number of carbonyl (C=O) groups is 1. The number of carboxylic acids is 1. The zero-order valence-corrected chi connectivity index (χ0v) is 9.11. The Hall–Kier alpha value is -0.610. The predicted molar refractivity (Wildman–Crippen MR) is 55.7 cm³/mol. The van der Waals surface area contributed by atoms with Gasteiger partial charge in [0, 0.05) is 6.04 Å². The molecule has 1 saturated heterocycles. The van der Waals surface area contributed by atoms with Crippen LogP contribution in [0.4, 0.5) is 0 Å². The minimum atomic E-state index is -0.799. The Balaban J connectivity index is 1.94. The summed E-state index contributed by atoms with van der Waals surface area (Å²) in [4.78, 5) is 10.8. The number of aliphatic carboxylic acids is 1. The van der Waals surface area contributed by atoms with Crippen LogP contribution in [-0.2, 0) is 9.53 Å². The van der Waals surface area contributed by atoms with Crippen LogP contribution < -0.4 is 5.32 Å². The molecule has 0 radical (unpaired) electrons. The molecule has 86 valence electrons. The molecule has 2 N–H and O–H groups in total. The van der Waals surface area contributed by atoms with E-state index >= 15 is 0 Å². The third-order valence-electron chi connectivity index (χ3n) is 3.66. The Kier molecular flexibility index (Phi) is 3.26. The highest BCUT2D eigenvalue weighted by molar-refractivity contribution is 5.73. The van der Waals surface area contributed by atoms with E-state index in [2.05, 4.69) is 12.2 Å². The van der Waals surface area contributed by atoms with Crippen molar-refractivity contribution in [3.05, 3.63) is 0 Å². The van der Waals surface area contributed by atoms with Gasteiger partial charge in [0.05, 0.1) is 12.7 Å². The van der Waals surface area contributed by atoms with Gasteiger partial charge in [-0.05, 0) is 25.2 Å². The van der Waals surface area contributed by atoms with Gasteiger partial charge in [-0.3, -0.25) is 10.1 Å². The number of ether oxygens (including phenoxy) is 1. The van der Waals surface area contributed by atoms with Crippen LogP contribution in [0.5, 0.6) is 0 Å². The van der Waals surface area contributed by atoms with Gasteiger partial charge in [0.25, 0.3) is 0 Å². The van der Waals surface area contributed by atoms with Crippen molar-refractivity contribution in [1.29, 1.82) is 0 Å². The van der Waals surface area contributed by atoms with E-state index in [0.717, 1.165) is 18.8 Å². The third-order valence-corrected chi connectivity index (χ3v) is 3.66. The van der Waals surface area contributed by atoms with E-state index in [0.29, 0.717) is 6.61 Å². The van der Waals surface area contributed by atoms with E-state index in [1.807, 2.05) is 0 Å². The number of nitrogens with one attached hydrogen (secondary N) is 1. The Labute approximate surface area is 90.0 Å². The number of carboxylic acid groups (broad SMARTS) is 1. The standard InChI is InChI=1S/C11H19NO3/c1-2-7-3-4-10-8(5-7)12-9(6-15-10)11(13)14/h7-10,12H,2-6H2,1H3,(H,13,14). The summed E-state index contributed by atoms with van der Waals surface area (Å²) in [5.41, 5.74) is 0. The van der Waals surface area contributed by atoms with Crippen molar-refractivity contribution in [2.24, 2.45) is 5.92 Å². The fourth-order valence-corrected chi connectivity index (χ4v) is 2.64. The third kappa shape index (κ3) is 2.32. The second kappa shape index (κ2) is 4.49. The highest BCUT2D eigenvalue weighted by Gasteiger charge is 2.37. The van der Waals surface area contributed by atoms with Gasteiger partial charge >= 0.3 is 5.97 Å². The van der Waals surface area contributed by atoms with Crippen LogP contribution in [0.25, 0.3) is 0 Å². The van der Waals surface area contributed by atoms with Gasteiger partial charge in [0.15, 0.2) is 0 Å². The van der Waals surface area contributed by atoms with Crippen LogP contribution in [0.2, 0.25) is 0 Å². The van der Waals surface area contributed by atoms with Crippen molar-refractivity contribution in [2.45, 2.75) is 50.8 Å². The molecule has 4 heteroatoms. The second-order valence-corrected chi connectivity index (χ2v) is 4.62. The molecule has 0 amide bonds. The molecule has 0 spiro atoms. The van der Waals surface area contributed by atoms with E-state index < -0.39 is 12.0 Å². The Morgan fingerprint density at radius 2 is 2.33 bits per heavy atom. The van der Waals surface area contributed by atoms with Gasteiger partial charge in [-0.1, -0.05) is 13.3 Å². The fourth-order valence-electron chi connectivity index (χ4n) is 2.64. The Morgan fingerprint density at radius 3 is 3.00 bits per heavy atom. The van der Waals surface area contributed by atoms with Gasteiger partial charge in [-0.15, -0.1) is 0 Å². The number of morpholine rings is 1. The molecule has 15 heavy (non-hydrogen) atoms. The zero-order valence-electron chi connectivity index (χ0n) is 9.11. The SMILES string of the molecule is CCC1CCC2OCC(C(=O)O)NC2C1. The molecular weight excluding hydrogens is 194 g/mol. The molecule has 4 atom stereocenters. The molecule has 1 saturated carbocycles. The van der Waals surface area contributed by atoms with Crippen LogP contribution >= 0.6 is 0 Å². The van der Waals surface area contributed by atoms with Gasteiger partial charge < -0.3 is 9.84 Å². The maximum atomic E-state index is 10.8. The van der Waals surface area contributed by atoms with Crippen LogP contribution in [0.3, 0.4) is 0 Å². The smallest absolute Gasteiger partial charge is 0.323 e. The maximum absolute atomic E-state index is 10.8. The minimum absolute atomic E-state index is 0.239. The maximum Gasteiger partial charge on any atom is 0.323 e. The first-order valence-electron chi connectivity index (χ1n) is 5.81. The lowest BCUT2D eigenvalue weighted by atomic mass is 9.81. The molecule has 0 aromatic heterocycles. The van der Waals surface area contributed by atoms with Crippen LogP contribution in [-0.4, -0.2) is 35.9 Å². The normalized spacial score (nSPS) is 40.9. The van der Waals surface area contributed by atoms with E-state index in [1.54, 1.807) is 0 Å². The van der Waals surface area contributed by atoms with Crippen LogP contribution in [0.1, 0.15) is 32.6 Å². The summed E-state index contributed by atoms with van der Waals surface area (Å²) in [5, 5.41) is 12.1. The second-order valence-electron chi connectivity index (χ2n) is 4.62. The van der Waals surface area contributed by atoms with E-state index in [-0.39, 0.29) is 12.1 Å². The number of rotatable bonds is 2. The summed E-state index contributed by atoms with van der Waals surface area (Å²) in [6.45, 7) is 2.51. The summed E-state index contributed by atoms with van der Waals surface area (Å²) in [5.74, 6) is -0.0676. The van der Waals surface area contributed by atoms with Gasteiger partial charge in [-0.2, -0.15) is 0 Å². The molecule has 1 aliphatic heterocycles. The van der Waals surface area contributed by atoms with Crippen LogP contribution in [0.15, 0.2) is 0 Å². The van der Waals surface area contributed by atoms with Crippen molar-refractivity contribution in [2.75, 3.05) is 6.61 Å². The van der Waals surface area contributed by atoms with Crippen molar-refractivity contribution in [1.82, 2.24) is 5.32 Å². The molecule has 0 aromatic rings. The average Bonchev–Trinajstić information content (AvgIpc) is 2.27. The lowest BCUT2D eigenvalue weighted by Gasteiger charge is -2.41. The van der Waals surface area contributed by atoms with Crippen molar-refractivity contribution < 1.29 is 14.6 Å². The summed E-state index contributed by atoms with van der Waals surface area (Å²) in [6, 6.07) is -0.264. The summed E-state index contributed by atoms with van der Waals surface area (Å²) < 4.78 is 5.61. The van der Waals surface area contributed by atoms with E-state index in [1.165, 1.54) is 12.8 Å². The molecule has 0 bridgehead atoms. The van der Waals surface area contributed by atoms with E-state index in [4.69, 9.17) is 9.84 Å². The minimum Gasteiger partial charge on any atom is -0.480 e. The van der Waals surface area contributed by atoms with Crippen molar-refractivity contribution in [3.8, 4) is 0 Å². The molecule has 1 aliphatic carbocycles. The van der Waals surface area contributed by atoms with Gasteiger partial charge in [0.2, 0.25) is 0 Å². The first-order chi connectivity index (χ1) is 7.20. The molecule has 0 aromatic carbocycles. The highest BCUT2D eigenvalue weighted by atomic mass is 16.5. The average molecular weight is 213 g/mol. The quantitative estimate of drug-likeness (QED) is 0.718. The Morgan fingerprint density at radius 1 is 1.53 bits per heavy atom. The first kappa shape index (κ1) is 10.9. The van der Waals surface area contributed by atoms with Crippen molar-refractivity contribution >= 4 is 5.97 Å². The first-order valence-corrected chi connectivity index (χ1v) is 5.81. The lowest BCUT2D eigenvalue weighted by molar-refractivity contribution is -0.147. The summed E-state index contributed by atoms with van der Waals surface area (Å²) >= 11 is 0.